The van der Waals surface area contributed by atoms with Crippen LogP contribution in [0.4, 0.5) is 11.6 Å². The molecule has 0 saturated carbocycles. The van der Waals surface area contributed by atoms with Gasteiger partial charge < -0.3 is 18.9 Å². The average molecular weight is 427 g/mol. The van der Waals surface area contributed by atoms with Crippen molar-refractivity contribution in [1.29, 1.82) is 0 Å². The van der Waals surface area contributed by atoms with Gasteiger partial charge in [0.2, 0.25) is 5.95 Å². The van der Waals surface area contributed by atoms with Gasteiger partial charge in [-0.05, 0) is 37.1 Å². The van der Waals surface area contributed by atoms with Crippen molar-refractivity contribution in [2.75, 3.05) is 25.2 Å². The van der Waals surface area contributed by atoms with Gasteiger partial charge in [-0.3, -0.25) is 14.2 Å². The second-order valence-electron chi connectivity index (χ2n) is 7.65. The van der Waals surface area contributed by atoms with Crippen molar-refractivity contribution in [3.8, 4) is 5.75 Å². The lowest BCUT2D eigenvalue weighted by Crippen LogP contribution is -2.42. The normalized spacial score (nSPS) is 15.7. The molecule has 1 aliphatic rings. The maximum atomic E-state index is 13.2. The first kappa shape index (κ1) is 20.7. The zero-order valence-electron chi connectivity index (χ0n) is 18.0. The van der Waals surface area contributed by atoms with Gasteiger partial charge in [0, 0.05) is 25.8 Å². The van der Waals surface area contributed by atoms with Crippen LogP contribution >= 0.6 is 0 Å². The third-order valence-electron chi connectivity index (χ3n) is 5.42. The fourth-order valence-corrected chi connectivity index (χ4v) is 3.94. The van der Waals surface area contributed by atoms with Gasteiger partial charge in [-0.15, -0.1) is 0 Å². The monoisotopic (exact) mass is 427 g/mol. The standard InChI is InChI=1S/C21H25N5O5/c1-5-31-15-8-6-14(7-9-15)24-10-13(2)11-25-17-18(22-20(24)25)23(3)21(29)26(19(17)28)12-16(27)30-4/h6-9,13H,5,10-12H2,1-4H3/t13-/m0/s1. The Kier molecular flexibility index (Phi) is 5.30. The van der Waals surface area contributed by atoms with Crippen molar-refractivity contribution in [1.82, 2.24) is 18.7 Å². The summed E-state index contributed by atoms with van der Waals surface area (Å²) in [4.78, 5) is 44.4. The number of aryl methyl sites for hydroxylation is 1. The second kappa shape index (κ2) is 7.93. The fraction of sp³-hybridized carbons (Fsp3) is 0.429. The van der Waals surface area contributed by atoms with Crippen LogP contribution in [0.5, 0.6) is 5.75 Å². The van der Waals surface area contributed by atoms with E-state index in [1.807, 2.05) is 40.7 Å². The summed E-state index contributed by atoms with van der Waals surface area (Å²) in [6, 6.07) is 7.68. The van der Waals surface area contributed by atoms with Gasteiger partial charge in [-0.25, -0.2) is 9.36 Å². The Morgan fingerprint density at radius 2 is 1.90 bits per heavy atom. The molecule has 1 aliphatic heterocycles. The minimum absolute atomic E-state index is 0.224. The number of ether oxygens (including phenoxy) is 2. The summed E-state index contributed by atoms with van der Waals surface area (Å²) >= 11 is 0. The van der Waals surface area contributed by atoms with Crippen LogP contribution < -0.4 is 20.9 Å². The molecular weight excluding hydrogens is 402 g/mol. The number of fused-ring (bicyclic) bond motifs is 3. The Bertz CT molecular complexity index is 1250. The molecule has 0 unspecified atom stereocenters. The maximum absolute atomic E-state index is 13.2. The molecule has 3 aromatic rings. The van der Waals surface area contributed by atoms with Gasteiger partial charge in [0.15, 0.2) is 11.2 Å². The molecule has 0 bridgehead atoms. The van der Waals surface area contributed by atoms with Gasteiger partial charge in [-0.1, -0.05) is 6.92 Å². The molecule has 10 nitrogen and oxygen atoms in total. The number of nitrogens with zero attached hydrogens (tertiary/aromatic N) is 5. The number of carbonyl (C=O) groups excluding carboxylic acids is 1. The lowest BCUT2D eigenvalue weighted by molar-refractivity contribution is -0.141. The zero-order chi connectivity index (χ0) is 22.3. The predicted octanol–water partition coefficient (Wildman–Crippen LogP) is 1.26. The molecule has 164 valence electrons. The van der Waals surface area contributed by atoms with Gasteiger partial charge in [-0.2, -0.15) is 4.98 Å². The van der Waals surface area contributed by atoms with E-state index in [2.05, 4.69) is 16.6 Å². The van der Waals surface area contributed by atoms with Gasteiger partial charge in [0.05, 0.1) is 13.7 Å². The number of aromatic nitrogens is 4. The van der Waals surface area contributed by atoms with Crippen molar-refractivity contribution in [3.05, 3.63) is 45.1 Å². The first-order valence-electron chi connectivity index (χ1n) is 10.1. The third kappa shape index (κ3) is 3.47. The molecule has 4 rings (SSSR count). The molecule has 0 fully saturated rings. The molecule has 2 aromatic heterocycles. The molecule has 0 spiro atoms. The molecule has 1 aromatic carbocycles. The van der Waals surface area contributed by atoms with E-state index in [4.69, 9.17) is 4.74 Å². The Hall–Kier alpha value is -3.56. The molecule has 0 N–H and O–H groups in total. The van der Waals surface area contributed by atoms with Crippen LogP contribution in [-0.2, 0) is 29.7 Å². The SMILES string of the molecule is CCOc1ccc(N2C[C@H](C)Cn3c2nc2c3c(=O)n(CC(=O)OC)c(=O)n2C)cc1. The Labute approximate surface area is 178 Å². The van der Waals surface area contributed by atoms with Gasteiger partial charge in [0.1, 0.15) is 12.3 Å². The molecule has 0 aliphatic carbocycles. The third-order valence-corrected chi connectivity index (χ3v) is 5.42. The van der Waals surface area contributed by atoms with E-state index in [1.54, 1.807) is 7.05 Å². The van der Waals surface area contributed by atoms with Crippen LogP contribution in [0.15, 0.2) is 33.9 Å². The van der Waals surface area contributed by atoms with Crippen LogP contribution in [0, 0.1) is 5.92 Å². The van der Waals surface area contributed by atoms with Crippen LogP contribution in [0.1, 0.15) is 13.8 Å². The number of hydrogen-bond donors (Lipinski definition) is 0. The maximum Gasteiger partial charge on any atom is 0.333 e. The Morgan fingerprint density at radius 3 is 2.55 bits per heavy atom. The predicted molar refractivity (Wildman–Crippen MR) is 115 cm³/mol. The van der Waals surface area contributed by atoms with E-state index in [-0.39, 0.29) is 11.6 Å². The van der Waals surface area contributed by atoms with E-state index < -0.39 is 23.8 Å². The number of benzene rings is 1. The molecule has 3 heterocycles. The Morgan fingerprint density at radius 1 is 1.19 bits per heavy atom. The molecular formula is C21H25N5O5. The van der Waals surface area contributed by atoms with E-state index >= 15 is 0 Å². The fourth-order valence-electron chi connectivity index (χ4n) is 3.94. The lowest BCUT2D eigenvalue weighted by atomic mass is 10.1. The quantitative estimate of drug-likeness (QED) is 0.565. The number of esters is 1. The lowest BCUT2D eigenvalue weighted by Gasteiger charge is -2.33. The number of methoxy groups -OCH3 is 1. The highest BCUT2D eigenvalue weighted by Crippen LogP contribution is 2.33. The molecule has 1 atom stereocenters. The number of carbonyl (C=O) groups is 1. The number of anilines is 2. The molecule has 0 saturated heterocycles. The van der Waals surface area contributed by atoms with E-state index in [0.717, 1.165) is 16.0 Å². The topological polar surface area (TPSA) is 101 Å². The Balaban J connectivity index is 1.90. The summed E-state index contributed by atoms with van der Waals surface area (Å²) < 4.78 is 14.2. The highest BCUT2D eigenvalue weighted by Gasteiger charge is 2.30. The molecule has 31 heavy (non-hydrogen) atoms. The smallest absolute Gasteiger partial charge is 0.333 e. The number of imidazole rings is 1. The first-order valence-corrected chi connectivity index (χ1v) is 10.1. The second-order valence-corrected chi connectivity index (χ2v) is 7.65. The summed E-state index contributed by atoms with van der Waals surface area (Å²) in [5, 5.41) is 0. The van der Waals surface area contributed by atoms with Gasteiger partial charge in [0.25, 0.3) is 5.56 Å². The van der Waals surface area contributed by atoms with Gasteiger partial charge >= 0.3 is 11.7 Å². The minimum atomic E-state index is -0.665. The summed E-state index contributed by atoms with van der Waals surface area (Å²) in [5.74, 6) is 0.918. The van der Waals surface area contributed by atoms with Crippen molar-refractivity contribution in [2.24, 2.45) is 13.0 Å². The van der Waals surface area contributed by atoms with E-state index in [0.29, 0.717) is 31.2 Å². The molecule has 10 heteroatoms. The summed E-state index contributed by atoms with van der Waals surface area (Å²) in [5.41, 5.74) is 0.327. The van der Waals surface area contributed by atoms with Crippen molar-refractivity contribution >= 4 is 28.8 Å². The largest absolute Gasteiger partial charge is 0.494 e. The summed E-state index contributed by atoms with van der Waals surface area (Å²) in [6.07, 6.45) is 0. The number of rotatable bonds is 5. The van der Waals surface area contributed by atoms with E-state index in [9.17, 15) is 14.4 Å². The van der Waals surface area contributed by atoms with Crippen LogP contribution in [0.25, 0.3) is 11.2 Å². The van der Waals surface area contributed by atoms with Crippen molar-refractivity contribution in [2.45, 2.75) is 26.9 Å². The zero-order valence-corrected chi connectivity index (χ0v) is 18.0. The molecule has 0 amide bonds. The highest BCUT2D eigenvalue weighted by atomic mass is 16.5. The molecule has 0 radical (unpaired) electrons. The summed E-state index contributed by atoms with van der Waals surface area (Å²) in [7, 11) is 2.76. The van der Waals surface area contributed by atoms with E-state index in [1.165, 1.54) is 11.7 Å². The average Bonchev–Trinajstić information content (AvgIpc) is 3.14. The van der Waals surface area contributed by atoms with Crippen LogP contribution in [-0.4, -0.2) is 44.9 Å². The highest BCUT2D eigenvalue weighted by molar-refractivity contribution is 5.77. The van der Waals surface area contributed by atoms with Crippen molar-refractivity contribution < 1.29 is 14.3 Å². The minimum Gasteiger partial charge on any atom is -0.494 e. The van der Waals surface area contributed by atoms with Crippen LogP contribution in [0.2, 0.25) is 0 Å². The van der Waals surface area contributed by atoms with Crippen molar-refractivity contribution in [3.63, 3.8) is 0 Å². The summed E-state index contributed by atoms with van der Waals surface area (Å²) in [6.45, 7) is 5.44. The first-order chi connectivity index (χ1) is 14.8. The van der Waals surface area contributed by atoms with Crippen LogP contribution in [0.3, 0.4) is 0 Å². The number of hydrogen-bond acceptors (Lipinski definition) is 7.